The van der Waals surface area contributed by atoms with Gasteiger partial charge in [-0.1, -0.05) is 6.92 Å². The van der Waals surface area contributed by atoms with Crippen molar-refractivity contribution in [2.75, 3.05) is 6.61 Å². The van der Waals surface area contributed by atoms with E-state index in [9.17, 15) is 10.2 Å². The fourth-order valence-corrected chi connectivity index (χ4v) is 1.34. The molecule has 0 aliphatic heterocycles. The van der Waals surface area contributed by atoms with Crippen LogP contribution in [0.25, 0.3) is 0 Å². The minimum Gasteiger partial charge on any atom is -0.396 e. The van der Waals surface area contributed by atoms with Crippen molar-refractivity contribution in [3.05, 3.63) is 0 Å². The highest BCUT2D eigenvalue weighted by molar-refractivity contribution is 4.69. The van der Waals surface area contributed by atoms with E-state index in [0.717, 1.165) is 0 Å². The maximum atomic E-state index is 9.56. The summed E-state index contributed by atoms with van der Waals surface area (Å²) in [5, 5.41) is 36.9. The first-order valence-electron chi connectivity index (χ1n) is 5.62. The van der Waals surface area contributed by atoms with Crippen LogP contribution in [0.3, 0.4) is 0 Å². The van der Waals surface area contributed by atoms with Crippen LogP contribution in [-0.2, 0) is 0 Å². The first-order chi connectivity index (χ1) is 6.97. The van der Waals surface area contributed by atoms with Crippen molar-refractivity contribution < 1.29 is 20.4 Å². The fourth-order valence-electron chi connectivity index (χ4n) is 1.34. The van der Waals surface area contributed by atoms with Gasteiger partial charge >= 0.3 is 0 Å². The van der Waals surface area contributed by atoms with E-state index in [0.29, 0.717) is 25.7 Å². The zero-order valence-electron chi connectivity index (χ0n) is 9.63. The fraction of sp³-hybridized carbons (Fsp3) is 1.00. The highest BCUT2D eigenvalue weighted by Crippen LogP contribution is 2.13. The predicted molar refractivity (Wildman–Crippen MR) is 58.4 cm³/mol. The minimum atomic E-state index is -0.773. The maximum Gasteiger partial charge on any atom is 0.0800 e. The lowest BCUT2D eigenvalue weighted by Crippen LogP contribution is -2.27. The second-order valence-corrected chi connectivity index (χ2v) is 4.43. The van der Waals surface area contributed by atoms with Crippen molar-refractivity contribution in [1.82, 2.24) is 0 Å². The lowest BCUT2D eigenvalue weighted by molar-refractivity contribution is -0.00135. The number of aliphatic hydroxyl groups is 4. The first kappa shape index (κ1) is 14.8. The second-order valence-electron chi connectivity index (χ2n) is 4.43. The number of hydrogen-bond donors (Lipinski definition) is 4. The van der Waals surface area contributed by atoms with Crippen molar-refractivity contribution in [3.63, 3.8) is 0 Å². The predicted octanol–water partition coefficient (Wildman–Crippen LogP) is 0.278. The molecule has 0 aromatic rings. The van der Waals surface area contributed by atoms with Crippen molar-refractivity contribution in [2.24, 2.45) is 5.92 Å². The van der Waals surface area contributed by atoms with Crippen LogP contribution in [0, 0.1) is 5.92 Å². The Morgan fingerprint density at radius 2 is 1.27 bits per heavy atom. The van der Waals surface area contributed by atoms with Crippen molar-refractivity contribution in [3.8, 4) is 0 Å². The zero-order valence-corrected chi connectivity index (χ0v) is 9.63. The summed E-state index contributed by atoms with van der Waals surface area (Å²) in [6.07, 6.45) is 0.123. The molecule has 4 nitrogen and oxygen atoms in total. The number of hydrogen-bond acceptors (Lipinski definition) is 4. The molecule has 0 saturated carbocycles. The standard InChI is InChI=1S/C11H24O4/c1-8(7-12)3-5-10(14)11(15)6-4-9(2)13/h8-15H,3-7H2,1-2H3. The largest absolute Gasteiger partial charge is 0.396 e. The Balaban J connectivity index is 3.64. The van der Waals surface area contributed by atoms with Gasteiger partial charge in [-0.15, -0.1) is 0 Å². The van der Waals surface area contributed by atoms with Gasteiger partial charge in [0.15, 0.2) is 0 Å². The zero-order chi connectivity index (χ0) is 11.8. The monoisotopic (exact) mass is 220 g/mol. The van der Waals surface area contributed by atoms with E-state index >= 15 is 0 Å². The topological polar surface area (TPSA) is 80.9 Å². The summed E-state index contributed by atoms with van der Waals surface area (Å²) < 4.78 is 0. The Morgan fingerprint density at radius 1 is 0.800 bits per heavy atom. The molecule has 0 radical (unpaired) electrons. The molecule has 4 unspecified atom stereocenters. The third-order valence-corrected chi connectivity index (χ3v) is 2.59. The average Bonchev–Trinajstić information content (AvgIpc) is 2.21. The molecule has 0 aliphatic rings. The molecule has 15 heavy (non-hydrogen) atoms. The molecule has 0 bridgehead atoms. The molecule has 0 aromatic heterocycles. The summed E-state index contributed by atoms with van der Waals surface area (Å²) in [6.45, 7) is 3.67. The van der Waals surface area contributed by atoms with Crippen LogP contribution < -0.4 is 0 Å². The van der Waals surface area contributed by atoms with E-state index in [-0.39, 0.29) is 12.5 Å². The Kier molecular flexibility index (Phi) is 7.96. The van der Waals surface area contributed by atoms with Gasteiger partial charge in [0.1, 0.15) is 0 Å². The van der Waals surface area contributed by atoms with E-state index in [2.05, 4.69) is 0 Å². The third-order valence-electron chi connectivity index (χ3n) is 2.59. The molecular formula is C11H24O4. The van der Waals surface area contributed by atoms with Crippen LogP contribution in [0.2, 0.25) is 0 Å². The van der Waals surface area contributed by atoms with Crippen LogP contribution in [0.4, 0.5) is 0 Å². The number of rotatable bonds is 8. The van der Waals surface area contributed by atoms with Gasteiger partial charge in [-0.05, 0) is 38.5 Å². The van der Waals surface area contributed by atoms with Crippen LogP contribution in [-0.4, -0.2) is 45.3 Å². The van der Waals surface area contributed by atoms with Gasteiger partial charge in [0.05, 0.1) is 18.3 Å². The number of aliphatic hydroxyl groups excluding tert-OH is 4. The molecule has 92 valence electrons. The van der Waals surface area contributed by atoms with Gasteiger partial charge in [-0.2, -0.15) is 0 Å². The third kappa shape index (κ3) is 7.73. The quantitative estimate of drug-likeness (QED) is 0.473. The summed E-state index contributed by atoms with van der Waals surface area (Å²) in [7, 11) is 0. The molecule has 0 aliphatic carbocycles. The van der Waals surface area contributed by atoms with E-state index in [1.165, 1.54) is 0 Å². The molecule has 0 fully saturated rings. The second kappa shape index (κ2) is 8.05. The smallest absolute Gasteiger partial charge is 0.0800 e. The molecule has 4 N–H and O–H groups in total. The van der Waals surface area contributed by atoms with Gasteiger partial charge in [0.25, 0.3) is 0 Å². The highest BCUT2D eigenvalue weighted by atomic mass is 16.3. The molecule has 0 rings (SSSR count). The van der Waals surface area contributed by atoms with Gasteiger partial charge in [-0.25, -0.2) is 0 Å². The first-order valence-corrected chi connectivity index (χ1v) is 5.62. The Morgan fingerprint density at radius 3 is 1.67 bits per heavy atom. The van der Waals surface area contributed by atoms with Gasteiger partial charge < -0.3 is 20.4 Å². The summed E-state index contributed by atoms with van der Waals surface area (Å²) in [4.78, 5) is 0. The molecule has 0 spiro atoms. The molecule has 0 saturated heterocycles. The van der Waals surface area contributed by atoms with E-state index in [1.54, 1.807) is 6.92 Å². The Labute approximate surface area is 91.6 Å². The van der Waals surface area contributed by atoms with Gasteiger partial charge in [0, 0.05) is 6.61 Å². The van der Waals surface area contributed by atoms with E-state index in [4.69, 9.17) is 10.2 Å². The van der Waals surface area contributed by atoms with Crippen LogP contribution in [0.5, 0.6) is 0 Å². The molecular weight excluding hydrogens is 196 g/mol. The normalized spacial score (nSPS) is 19.6. The van der Waals surface area contributed by atoms with Gasteiger partial charge in [0.2, 0.25) is 0 Å². The molecule has 4 heteroatoms. The SMILES string of the molecule is CC(O)CCC(O)C(O)CCC(C)CO. The van der Waals surface area contributed by atoms with Gasteiger partial charge in [-0.3, -0.25) is 0 Å². The lowest BCUT2D eigenvalue weighted by Gasteiger charge is -2.19. The Hall–Kier alpha value is -0.160. The van der Waals surface area contributed by atoms with Crippen molar-refractivity contribution in [1.29, 1.82) is 0 Å². The summed E-state index contributed by atoms with van der Waals surface area (Å²) in [5.41, 5.74) is 0. The van der Waals surface area contributed by atoms with E-state index < -0.39 is 18.3 Å². The van der Waals surface area contributed by atoms with Crippen LogP contribution >= 0.6 is 0 Å². The minimum absolute atomic E-state index is 0.108. The average molecular weight is 220 g/mol. The lowest BCUT2D eigenvalue weighted by atomic mass is 9.98. The van der Waals surface area contributed by atoms with Crippen molar-refractivity contribution in [2.45, 2.75) is 57.8 Å². The maximum absolute atomic E-state index is 9.56. The molecule has 0 heterocycles. The molecule has 0 amide bonds. The summed E-state index contributed by atoms with van der Waals surface area (Å²) >= 11 is 0. The molecule has 4 atom stereocenters. The van der Waals surface area contributed by atoms with Crippen molar-refractivity contribution >= 4 is 0 Å². The molecule has 0 aromatic carbocycles. The van der Waals surface area contributed by atoms with Crippen LogP contribution in [0.1, 0.15) is 39.5 Å². The van der Waals surface area contributed by atoms with Crippen LogP contribution in [0.15, 0.2) is 0 Å². The summed E-state index contributed by atoms with van der Waals surface area (Å²) in [5.74, 6) is 0.156. The Bertz CT molecular complexity index is 150. The summed E-state index contributed by atoms with van der Waals surface area (Å²) in [6, 6.07) is 0. The van der Waals surface area contributed by atoms with E-state index in [1.807, 2.05) is 6.92 Å². The highest BCUT2D eigenvalue weighted by Gasteiger charge is 2.17.